The fraction of sp³-hybridized carbons (Fsp3) is 0.909. The first-order chi connectivity index (χ1) is 7.17. The maximum absolute atomic E-state index is 10.7. The molecule has 0 bridgehead atoms. The van der Waals surface area contributed by atoms with Crippen molar-refractivity contribution in [3.8, 4) is 0 Å². The topological polar surface area (TPSA) is 77.8 Å². The van der Waals surface area contributed by atoms with E-state index in [0.717, 1.165) is 19.1 Å². The SMILES string of the molecule is CCCC(C=O)CCC(CO)(CO)CO. The van der Waals surface area contributed by atoms with Crippen molar-refractivity contribution >= 4 is 6.29 Å². The molecule has 0 aromatic carbocycles. The molecule has 0 aliphatic rings. The maximum Gasteiger partial charge on any atom is 0.123 e. The number of aliphatic hydroxyl groups is 3. The van der Waals surface area contributed by atoms with Gasteiger partial charge in [-0.25, -0.2) is 0 Å². The van der Waals surface area contributed by atoms with E-state index < -0.39 is 5.41 Å². The third-order valence-electron chi connectivity index (χ3n) is 2.90. The minimum absolute atomic E-state index is 0.0287. The van der Waals surface area contributed by atoms with Gasteiger partial charge in [-0.3, -0.25) is 0 Å². The molecule has 0 aromatic heterocycles. The Hall–Kier alpha value is -0.450. The number of aldehydes is 1. The number of rotatable bonds is 9. The molecule has 0 amide bonds. The van der Waals surface area contributed by atoms with Crippen LogP contribution >= 0.6 is 0 Å². The van der Waals surface area contributed by atoms with E-state index in [1.54, 1.807) is 0 Å². The predicted octanol–water partition coefficient (Wildman–Crippen LogP) is 0.345. The summed E-state index contributed by atoms with van der Waals surface area (Å²) in [6.45, 7) is 1.25. The highest BCUT2D eigenvalue weighted by Crippen LogP contribution is 2.25. The Bertz CT molecular complexity index is 158. The average molecular weight is 218 g/mol. The van der Waals surface area contributed by atoms with Gasteiger partial charge in [0.25, 0.3) is 0 Å². The molecule has 0 spiro atoms. The Morgan fingerprint density at radius 3 is 2.00 bits per heavy atom. The van der Waals surface area contributed by atoms with E-state index in [-0.39, 0.29) is 25.7 Å². The van der Waals surface area contributed by atoms with Crippen molar-refractivity contribution in [3.63, 3.8) is 0 Å². The number of carbonyl (C=O) groups is 1. The Morgan fingerprint density at radius 1 is 1.13 bits per heavy atom. The molecule has 4 nitrogen and oxygen atoms in total. The first kappa shape index (κ1) is 14.6. The maximum atomic E-state index is 10.7. The summed E-state index contributed by atoms with van der Waals surface area (Å²) < 4.78 is 0. The minimum Gasteiger partial charge on any atom is -0.396 e. The smallest absolute Gasteiger partial charge is 0.123 e. The van der Waals surface area contributed by atoms with Crippen LogP contribution in [-0.2, 0) is 4.79 Å². The van der Waals surface area contributed by atoms with Crippen molar-refractivity contribution in [2.24, 2.45) is 11.3 Å². The summed E-state index contributed by atoms with van der Waals surface area (Å²) in [6, 6.07) is 0. The first-order valence-corrected chi connectivity index (χ1v) is 5.46. The van der Waals surface area contributed by atoms with Crippen LogP contribution in [0, 0.1) is 11.3 Å². The molecule has 0 heterocycles. The van der Waals surface area contributed by atoms with Crippen molar-refractivity contribution in [2.75, 3.05) is 19.8 Å². The number of aliphatic hydroxyl groups excluding tert-OH is 3. The van der Waals surface area contributed by atoms with Crippen LogP contribution < -0.4 is 0 Å². The Balaban J connectivity index is 4.12. The van der Waals surface area contributed by atoms with Gasteiger partial charge in [-0.2, -0.15) is 0 Å². The largest absolute Gasteiger partial charge is 0.396 e. The van der Waals surface area contributed by atoms with Crippen LogP contribution in [0.25, 0.3) is 0 Å². The zero-order valence-corrected chi connectivity index (χ0v) is 9.35. The molecule has 0 saturated heterocycles. The molecular weight excluding hydrogens is 196 g/mol. The van der Waals surface area contributed by atoms with Crippen LogP contribution in [0.1, 0.15) is 32.6 Å². The van der Waals surface area contributed by atoms with Gasteiger partial charge >= 0.3 is 0 Å². The van der Waals surface area contributed by atoms with Gasteiger partial charge in [-0.1, -0.05) is 13.3 Å². The third kappa shape index (κ3) is 4.73. The molecule has 3 N–H and O–H groups in total. The van der Waals surface area contributed by atoms with Crippen molar-refractivity contribution < 1.29 is 20.1 Å². The quantitative estimate of drug-likeness (QED) is 0.488. The van der Waals surface area contributed by atoms with Gasteiger partial charge in [0.05, 0.1) is 19.8 Å². The van der Waals surface area contributed by atoms with E-state index in [1.165, 1.54) is 0 Å². The molecule has 0 radical (unpaired) electrons. The number of carbonyl (C=O) groups excluding carboxylic acids is 1. The van der Waals surface area contributed by atoms with E-state index in [1.807, 2.05) is 6.92 Å². The predicted molar refractivity (Wildman–Crippen MR) is 57.4 cm³/mol. The summed E-state index contributed by atoms with van der Waals surface area (Å²) >= 11 is 0. The lowest BCUT2D eigenvalue weighted by atomic mass is 9.82. The highest BCUT2D eigenvalue weighted by Gasteiger charge is 2.28. The van der Waals surface area contributed by atoms with Crippen LogP contribution in [0.2, 0.25) is 0 Å². The van der Waals surface area contributed by atoms with Crippen LogP contribution in [0.3, 0.4) is 0 Å². The van der Waals surface area contributed by atoms with Crippen LogP contribution in [0.15, 0.2) is 0 Å². The summed E-state index contributed by atoms with van der Waals surface area (Å²) in [4.78, 5) is 10.7. The van der Waals surface area contributed by atoms with Crippen LogP contribution in [-0.4, -0.2) is 41.4 Å². The van der Waals surface area contributed by atoms with Crippen LogP contribution in [0.5, 0.6) is 0 Å². The van der Waals surface area contributed by atoms with Gasteiger partial charge in [-0.15, -0.1) is 0 Å². The molecule has 1 atom stereocenters. The highest BCUT2D eigenvalue weighted by atomic mass is 16.3. The molecule has 0 rings (SSSR count). The summed E-state index contributed by atoms with van der Waals surface area (Å²) in [7, 11) is 0. The molecule has 4 heteroatoms. The molecule has 0 saturated carbocycles. The van der Waals surface area contributed by atoms with E-state index in [0.29, 0.717) is 12.8 Å². The lowest BCUT2D eigenvalue weighted by Crippen LogP contribution is -2.34. The molecule has 0 aliphatic heterocycles. The highest BCUT2D eigenvalue weighted by molar-refractivity contribution is 5.53. The van der Waals surface area contributed by atoms with Gasteiger partial charge < -0.3 is 20.1 Å². The summed E-state index contributed by atoms with van der Waals surface area (Å²) in [5, 5.41) is 27.3. The van der Waals surface area contributed by atoms with E-state index >= 15 is 0 Å². The normalized spacial score (nSPS) is 13.9. The van der Waals surface area contributed by atoms with E-state index in [2.05, 4.69) is 0 Å². The summed E-state index contributed by atoms with van der Waals surface area (Å²) in [6.07, 6.45) is 3.76. The lowest BCUT2D eigenvalue weighted by molar-refractivity contribution is -0.112. The minimum atomic E-state index is -0.838. The second kappa shape index (κ2) is 7.79. The van der Waals surface area contributed by atoms with Gasteiger partial charge in [0, 0.05) is 11.3 Å². The zero-order chi connectivity index (χ0) is 11.7. The second-order valence-corrected chi connectivity index (χ2v) is 4.20. The molecule has 0 fully saturated rings. The van der Waals surface area contributed by atoms with E-state index in [4.69, 9.17) is 15.3 Å². The van der Waals surface area contributed by atoms with Crippen molar-refractivity contribution in [1.82, 2.24) is 0 Å². The third-order valence-corrected chi connectivity index (χ3v) is 2.90. The monoisotopic (exact) mass is 218 g/mol. The average Bonchev–Trinajstić information content (AvgIpc) is 2.30. The fourth-order valence-corrected chi connectivity index (χ4v) is 1.53. The molecule has 1 unspecified atom stereocenters. The van der Waals surface area contributed by atoms with Gasteiger partial charge in [0.15, 0.2) is 0 Å². The molecular formula is C11H22O4. The number of hydrogen-bond acceptors (Lipinski definition) is 4. The lowest BCUT2D eigenvalue weighted by Gasteiger charge is -2.28. The standard InChI is InChI=1S/C11H22O4/c1-2-3-10(6-12)4-5-11(7-13,8-14)9-15/h6,10,13-15H,2-5,7-9H2,1H3. The Kier molecular flexibility index (Phi) is 7.56. The molecule has 0 aliphatic carbocycles. The van der Waals surface area contributed by atoms with E-state index in [9.17, 15) is 4.79 Å². The van der Waals surface area contributed by atoms with Gasteiger partial charge in [0.2, 0.25) is 0 Å². The van der Waals surface area contributed by atoms with Crippen molar-refractivity contribution in [1.29, 1.82) is 0 Å². The molecule has 90 valence electrons. The fourth-order valence-electron chi connectivity index (χ4n) is 1.53. The molecule has 0 aromatic rings. The summed E-state index contributed by atoms with van der Waals surface area (Å²) in [5.74, 6) is -0.0287. The Labute approximate surface area is 90.9 Å². The van der Waals surface area contributed by atoms with Gasteiger partial charge in [-0.05, 0) is 19.3 Å². The van der Waals surface area contributed by atoms with Crippen molar-refractivity contribution in [3.05, 3.63) is 0 Å². The zero-order valence-electron chi connectivity index (χ0n) is 9.35. The van der Waals surface area contributed by atoms with Crippen LogP contribution in [0.4, 0.5) is 0 Å². The first-order valence-electron chi connectivity index (χ1n) is 5.46. The summed E-state index contributed by atoms with van der Waals surface area (Å²) in [5.41, 5.74) is -0.838. The Morgan fingerprint density at radius 2 is 1.67 bits per heavy atom. The second-order valence-electron chi connectivity index (χ2n) is 4.20. The van der Waals surface area contributed by atoms with Crippen molar-refractivity contribution in [2.45, 2.75) is 32.6 Å². The number of hydrogen-bond donors (Lipinski definition) is 3. The molecule has 15 heavy (non-hydrogen) atoms. The van der Waals surface area contributed by atoms with Gasteiger partial charge in [0.1, 0.15) is 6.29 Å².